The van der Waals surface area contributed by atoms with Crippen LogP contribution in [0.1, 0.15) is 61.8 Å². The van der Waals surface area contributed by atoms with Crippen LogP contribution in [0.2, 0.25) is 18.1 Å². The van der Waals surface area contributed by atoms with Crippen LogP contribution in [0, 0.1) is 5.92 Å². The third-order valence-electron chi connectivity index (χ3n) is 6.22. The van der Waals surface area contributed by atoms with E-state index in [0.29, 0.717) is 32.7 Å². The van der Waals surface area contributed by atoms with Gasteiger partial charge in [0.2, 0.25) is 0 Å². The Balaban J connectivity index is 5.16. The molecule has 0 aliphatic rings. The summed E-state index contributed by atoms with van der Waals surface area (Å²) in [7, 11) is -0.307. The minimum Gasteiger partial charge on any atom is -0.444 e. The quantitative estimate of drug-likeness (QED) is 0.135. The van der Waals surface area contributed by atoms with Crippen molar-refractivity contribution in [1.82, 2.24) is 4.90 Å². The Morgan fingerprint density at radius 1 is 1.09 bits per heavy atom. The molecule has 0 aromatic carbocycles. The molecule has 0 radical (unpaired) electrons. The minimum atomic E-state index is -2.00. The molecule has 0 fully saturated rings. The summed E-state index contributed by atoms with van der Waals surface area (Å²) in [6, 6.07) is 0. The van der Waals surface area contributed by atoms with Crippen LogP contribution in [0.25, 0.3) is 0 Å². The van der Waals surface area contributed by atoms with Gasteiger partial charge in [-0.3, -0.25) is 0 Å². The summed E-state index contributed by atoms with van der Waals surface area (Å²) in [5.74, 6) is 0.113. The lowest BCUT2D eigenvalue weighted by Gasteiger charge is -2.42. The van der Waals surface area contributed by atoms with Crippen molar-refractivity contribution in [3.8, 4) is 0 Å². The SMILES string of the molecule is C=CCCN(CCOC/C(C)=C\[C@@H](C)[C@H](O[Si](C)(C)C(C)(C)C)[C@H](C=C)OC)C(=O)OC(C)(C)C. The summed E-state index contributed by atoms with van der Waals surface area (Å²) in [5, 5.41) is 0.0952. The molecule has 0 spiro atoms. The summed E-state index contributed by atoms with van der Waals surface area (Å²) in [6.45, 7) is 30.7. The topological polar surface area (TPSA) is 57.2 Å². The predicted octanol–water partition coefficient (Wildman–Crippen LogP) is 6.99. The van der Waals surface area contributed by atoms with Crippen LogP contribution in [0.15, 0.2) is 37.0 Å². The molecule has 0 saturated carbocycles. The van der Waals surface area contributed by atoms with Gasteiger partial charge in [0.25, 0.3) is 0 Å². The molecule has 1 amide bonds. The first-order chi connectivity index (χ1) is 16.0. The third-order valence-corrected chi connectivity index (χ3v) is 10.7. The lowest BCUT2D eigenvalue weighted by atomic mass is 9.97. The van der Waals surface area contributed by atoms with Gasteiger partial charge < -0.3 is 23.5 Å². The largest absolute Gasteiger partial charge is 0.444 e. The van der Waals surface area contributed by atoms with Crippen molar-refractivity contribution in [3.63, 3.8) is 0 Å². The molecule has 0 saturated heterocycles. The molecule has 0 aliphatic heterocycles. The van der Waals surface area contributed by atoms with E-state index < -0.39 is 13.9 Å². The summed E-state index contributed by atoms with van der Waals surface area (Å²) in [6.07, 6.45) is 5.86. The molecule has 0 unspecified atom stereocenters. The van der Waals surface area contributed by atoms with Gasteiger partial charge in [-0.25, -0.2) is 4.79 Å². The maximum absolute atomic E-state index is 12.5. The molecule has 0 bridgehead atoms. The molecule has 0 rings (SSSR count). The summed E-state index contributed by atoms with van der Waals surface area (Å²) < 4.78 is 23.9. The average Bonchev–Trinajstić information content (AvgIpc) is 2.70. The Hall–Kier alpha value is -1.41. The van der Waals surface area contributed by atoms with Gasteiger partial charge in [-0.1, -0.05) is 51.5 Å². The maximum Gasteiger partial charge on any atom is 0.410 e. The van der Waals surface area contributed by atoms with E-state index in [9.17, 15) is 4.79 Å². The first-order valence-corrected chi connectivity index (χ1v) is 15.6. The van der Waals surface area contributed by atoms with Crippen molar-refractivity contribution in [1.29, 1.82) is 0 Å². The molecule has 204 valence electrons. The first kappa shape index (κ1) is 33.6. The molecule has 0 aliphatic carbocycles. The van der Waals surface area contributed by atoms with Gasteiger partial charge in [-0.2, -0.15) is 0 Å². The summed E-state index contributed by atoms with van der Waals surface area (Å²) >= 11 is 0. The second-order valence-electron chi connectivity index (χ2n) is 11.7. The number of amides is 1. The highest BCUT2D eigenvalue weighted by atomic mass is 28.4. The van der Waals surface area contributed by atoms with Gasteiger partial charge in [0.1, 0.15) is 11.7 Å². The van der Waals surface area contributed by atoms with E-state index in [0.717, 1.165) is 5.57 Å². The fraction of sp³-hybridized carbons (Fsp3) is 0.750. The van der Waals surface area contributed by atoms with Crippen molar-refractivity contribution in [2.24, 2.45) is 5.92 Å². The van der Waals surface area contributed by atoms with Gasteiger partial charge in [0.05, 0.1) is 19.3 Å². The molecular formula is C28H53NO5Si. The fourth-order valence-electron chi connectivity index (χ4n) is 3.22. The molecule has 0 heterocycles. The fourth-order valence-corrected chi connectivity index (χ4v) is 4.61. The van der Waals surface area contributed by atoms with Crippen LogP contribution in [-0.2, 0) is 18.6 Å². The van der Waals surface area contributed by atoms with Gasteiger partial charge in [0.15, 0.2) is 8.32 Å². The Bertz CT molecular complexity index is 690. The minimum absolute atomic E-state index is 0.0952. The lowest BCUT2D eigenvalue weighted by molar-refractivity contribution is 0.00571. The molecular weight excluding hydrogens is 458 g/mol. The number of hydrogen-bond acceptors (Lipinski definition) is 5. The van der Waals surface area contributed by atoms with Crippen LogP contribution in [0.3, 0.4) is 0 Å². The van der Waals surface area contributed by atoms with E-state index in [4.69, 9.17) is 18.6 Å². The number of ether oxygens (including phenoxy) is 3. The van der Waals surface area contributed by atoms with Crippen molar-refractivity contribution in [2.75, 3.05) is 33.4 Å². The van der Waals surface area contributed by atoms with E-state index >= 15 is 0 Å². The molecule has 0 aromatic rings. The average molecular weight is 512 g/mol. The van der Waals surface area contributed by atoms with E-state index in [2.05, 4.69) is 66.9 Å². The number of hydrogen-bond donors (Lipinski definition) is 0. The lowest BCUT2D eigenvalue weighted by Crippen LogP contribution is -2.49. The number of nitrogens with zero attached hydrogens (tertiary/aromatic N) is 1. The Kier molecular flexibility index (Phi) is 14.4. The van der Waals surface area contributed by atoms with Crippen molar-refractivity contribution < 1.29 is 23.4 Å². The van der Waals surface area contributed by atoms with Crippen LogP contribution in [0.5, 0.6) is 0 Å². The zero-order valence-electron chi connectivity index (χ0n) is 24.4. The number of methoxy groups -OCH3 is 1. The van der Waals surface area contributed by atoms with Gasteiger partial charge >= 0.3 is 6.09 Å². The molecule has 6 nitrogen and oxygen atoms in total. The van der Waals surface area contributed by atoms with Crippen LogP contribution in [-0.4, -0.2) is 70.5 Å². The zero-order chi connectivity index (χ0) is 27.4. The normalized spacial score (nSPS) is 15.8. The standard InChI is InChI=1S/C28H53NO5Si/c1-14-16-17-29(26(30)33-27(5,6)7)18-19-32-21-22(3)20-23(4)25(24(15-2)31-11)34-35(12,13)28(8,9)10/h14-15,20,23-25H,1-2,16-19,21H2,3-13H3/b22-20-/t23-,24+,25+/m1/s1. The summed E-state index contributed by atoms with van der Waals surface area (Å²) in [4.78, 5) is 14.2. The monoisotopic (exact) mass is 511 g/mol. The van der Waals surface area contributed by atoms with Gasteiger partial charge in [-0.05, 0) is 52.2 Å². The van der Waals surface area contributed by atoms with Crippen LogP contribution < -0.4 is 0 Å². The number of carbonyl (C=O) groups is 1. The van der Waals surface area contributed by atoms with E-state index in [-0.39, 0.29) is 29.3 Å². The van der Waals surface area contributed by atoms with Gasteiger partial charge in [0, 0.05) is 26.1 Å². The second kappa shape index (κ2) is 15.0. The predicted molar refractivity (Wildman–Crippen MR) is 149 cm³/mol. The van der Waals surface area contributed by atoms with Crippen molar-refractivity contribution >= 4 is 14.4 Å². The Labute approximate surface area is 216 Å². The first-order valence-electron chi connectivity index (χ1n) is 12.7. The Morgan fingerprint density at radius 2 is 1.69 bits per heavy atom. The smallest absolute Gasteiger partial charge is 0.410 e. The van der Waals surface area contributed by atoms with Crippen molar-refractivity contribution in [2.45, 2.75) is 97.8 Å². The molecule has 0 aromatic heterocycles. The third kappa shape index (κ3) is 12.9. The van der Waals surface area contributed by atoms with Crippen LogP contribution >= 0.6 is 0 Å². The molecule has 3 atom stereocenters. The van der Waals surface area contributed by atoms with E-state index in [1.54, 1.807) is 18.1 Å². The van der Waals surface area contributed by atoms with E-state index in [1.807, 2.05) is 26.8 Å². The second-order valence-corrected chi connectivity index (χ2v) is 16.5. The van der Waals surface area contributed by atoms with Gasteiger partial charge in [-0.15, -0.1) is 13.2 Å². The highest BCUT2D eigenvalue weighted by Gasteiger charge is 2.41. The number of carbonyl (C=O) groups excluding carboxylic acids is 1. The number of rotatable bonds is 15. The van der Waals surface area contributed by atoms with Crippen LogP contribution in [0.4, 0.5) is 4.79 Å². The molecule has 35 heavy (non-hydrogen) atoms. The van der Waals surface area contributed by atoms with Crippen molar-refractivity contribution in [3.05, 3.63) is 37.0 Å². The Morgan fingerprint density at radius 3 is 2.14 bits per heavy atom. The highest BCUT2D eigenvalue weighted by molar-refractivity contribution is 6.74. The molecule has 0 N–H and O–H groups in total. The maximum atomic E-state index is 12.5. The summed E-state index contributed by atoms with van der Waals surface area (Å²) in [5.41, 5.74) is 0.573. The molecule has 7 heteroatoms. The van der Waals surface area contributed by atoms with E-state index in [1.165, 1.54) is 0 Å². The zero-order valence-corrected chi connectivity index (χ0v) is 25.4. The highest BCUT2D eigenvalue weighted by Crippen LogP contribution is 2.39.